The first-order valence-corrected chi connectivity index (χ1v) is 6.57. The summed E-state index contributed by atoms with van der Waals surface area (Å²) in [4.78, 5) is 14.8. The number of pyridine rings is 1. The lowest BCUT2D eigenvalue weighted by Crippen LogP contribution is -2.02. The molecular formula is C15H14ClNO3. The van der Waals surface area contributed by atoms with Crippen molar-refractivity contribution in [3.8, 4) is 5.75 Å². The number of halogens is 1. The van der Waals surface area contributed by atoms with Gasteiger partial charge < -0.3 is 9.84 Å². The average molecular weight is 292 g/mol. The third kappa shape index (κ3) is 3.48. The highest BCUT2D eigenvalue weighted by Crippen LogP contribution is 2.23. The Bertz CT molecular complexity index is 611. The number of carboxylic acids is 1. The van der Waals surface area contributed by atoms with Gasteiger partial charge in [0.15, 0.2) is 0 Å². The van der Waals surface area contributed by atoms with E-state index in [4.69, 9.17) is 21.4 Å². The van der Waals surface area contributed by atoms with Crippen LogP contribution in [0.3, 0.4) is 0 Å². The molecule has 0 saturated heterocycles. The first-order chi connectivity index (χ1) is 9.60. The number of aromatic carboxylic acids is 1. The van der Waals surface area contributed by atoms with E-state index in [1.807, 2.05) is 13.0 Å². The zero-order valence-electron chi connectivity index (χ0n) is 11.0. The van der Waals surface area contributed by atoms with Gasteiger partial charge in [-0.15, -0.1) is 0 Å². The van der Waals surface area contributed by atoms with E-state index < -0.39 is 5.97 Å². The van der Waals surface area contributed by atoms with Gasteiger partial charge in [0.25, 0.3) is 0 Å². The second kappa shape index (κ2) is 6.39. The summed E-state index contributed by atoms with van der Waals surface area (Å²) < 4.78 is 5.62. The van der Waals surface area contributed by atoms with E-state index in [0.717, 1.165) is 22.8 Å². The molecule has 0 unspecified atom stereocenters. The van der Waals surface area contributed by atoms with Gasteiger partial charge in [-0.1, -0.05) is 18.5 Å². The van der Waals surface area contributed by atoms with Gasteiger partial charge in [0, 0.05) is 11.2 Å². The Kier molecular flexibility index (Phi) is 4.58. The predicted molar refractivity (Wildman–Crippen MR) is 76.4 cm³/mol. The number of nitrogens with zero attached hydrogens (tertiary/aromatic N) is 1. The van der Waals surface area contributed by atoms with Gasteiger partial charge in [0.2, 0.25) is 0 Å². The highest BCUT2D eigenvalue weighted by atomic mass is 35.5. The zero-order chi connectivity index (χ0) is 14.5. The minimum Gasteiger partial charge on any atom is -0.487 e. The molecule has 0 aliphatic heterocycles. The molecule has 0 amide bonds. The van der Waals surface area contributed by atoms with E-state index in [9.17, 15) is 4.79 Å². The van der Waals surface area contributed by atoms with Gasteiger partial charge in [-0.3, -0.25) is 4.98 Å². The van der Waals surface area contributed by atoms with Crippen LogP contribution in [0.25, 0.3) is 0 Å². The van der Waals surface area contributed by atoms with Crippen LogP contribution in [0.1, 0.15) is 28.5 Å². The van der Waals surface area contributed by atoms with E-state index in [1.165, 1.54) is 12.3 Å². The molecule has 1 N–H and O–H groups in total. The number of aryl methyl sites for hydroxylation is 1. The van der Waals surface area contributed by atoms with Crippen LogP contribution in [0.4, 0.5) is 0 Å². The topological polar surface area (TPSA) is 59.4 Å². The molecule has 0 aliphatic carbocycles. The number of carbonyl (C=O) groups is 1. The number of ether oxygens (including phenoxy) is 1. The maximum atomic E-state index is 10.7. The Hall–Kier alpha value is -2.07. The van der Waals surface area contributed by atoms with Crippen LogP contribution in [0.15, 0.2) is 36.5 Å². The van der Waals surface area contributed by atoms with Gasteiger partial charge in [0.1, 0.15) is 12.4 Å². The Morgan fingerprint density at radius 2 is 2.15 bits per heavy atom. The summed E-state index contributed by atoms with van der Waals surface area (Å²) in [5.41, 5.74) is 1.86. The van der Waals surface area contributed by atoms with Crippen LogP contribution in [0.2, 0.25) is 5.02 Å². The molecule has 0 aliphatic rings. The van der Waals surface area contributed by atoms with Crippen LogP contribution >= 0.6 is 11.6 Å². The van der Waals surface area contributed by atoms with Gasteiger partial charge in [-0.05, 0) is 42.3 Å². The predicted octanol–water partition coefficient (Wildman–Crippen LogP) is 3.57. The third-order valence-corrected chi connectivity index (χ3v) is 3.23. The van der Waals surface area contributed by atoms with E-state index >= 15 is 0 Å². The molecule has 0 bridgehead atoms. The molecule has 5 heteroatoms. The second-order valence-corrected chi connectivity index (χ2v) is 4.65. The standard InChI is InChI=1S/C15H14ClNO3/c1-2-10-7-13(5-6-14(10)16)20-9-12-4-3-11(8-17-12)15(18)19/h3-8H,2,9H2,1H3,(H,18,19). The first kappa shape index (κ1) is 14.3. The van der Waals surface area contributed by atoms with Gasteiger partial charge in [-0.2, -0.15) is 0 Å². The van der Waals surface area contributed by atoms with Crippen molar-refractivity contribution in [2.24, 2.45) is 0 Å². The van der Waals surface area contributed by atoms with Crippen molar-refractivity contribution < 1.29 is 14.6 Å². The Labute approximate surface area is 122 Å². The van der Waals surface area contributed by atoms with Crippen molar-refractivity contribution in [2.75, 3.05) is 0 Å². The van der Waals surface area contributed by atoms with E-state index in [-0.39, 0.29) is 12.2 Å². The normalized spacial score (nSPS) is 10.3. The molecule has 0 atom stereocenters. The largest absolute Gasteiger partial charge is 0.487 e. The summed E-state index contributed by atoms with van der Waals surface area (Å²) in [6.45, 7) is 2.31. The smallest absolute Gasteiger partial charge is 0.337 e. The number of hydrogen-bond acceptors (Lipinski definition) is 3. The molecular weight excluding hydrogens is 278 g/mol. The molecule has 0 radical (unpaired) electrons. The molecule has 2 rings (SSSR count). The number of carboxylic acid groups (broad SMARTS) is 1. The SMILES string of the molecule is CCc1cc(OCc2ccc(C(=O)O)cn2)ccc1Cl. The summed E-state index contributed by atoms with van der Waals surface area (Å²) in [5, 5.41) is 9.51. The van der Waals surface area contributed by atoms with Crippen LogP contribution < -0.4 is 4.74 Å². The number of benzene rings is 1. The molecule has 1 heterocycles. The van der Waals surface area contributed by atoms with Crippen LogP contribution in [0, 0.1) is 0 Å². The summed E-state index contributed by atoms with van der Waals surface area (Å²) >= 11 is 6.04. The maximum absolute atomic E-state index is 10.7. The van der Waals surface area contributed by atoms with E-state index in [0.29, 0.717) is 5.69 Å². The van der Waals surface area contributed by atoms with Crippen LogP contribution in [-0.4, -0.2) is 16.1 Å². The fourth-order valence-corrected chi connectivity index (χ4v) is 1.96. The maximum Gasteiger partial charge on any atom is 0.337 e. The van der Waals surface area contributed by atoms with Gasteiger partial charge in [0.05, 0.1) is 11.3 Å². The molecule has 2 aromatic rings. The highest BCUT2D eigenvalue weighted by molar-refractivity contribution is 6.31. The zero-order valence-corrected chi connectivity index (χ0v) is 11.7. The monoisotopic (exact) mass is 291 g/mol. The molecule has 0 spiro atoms. The van der Waals surface area contributed by atoms with E-state index in [1.54, 1.807) is 18.2 Å². The Morgan fingerprint density at radius 3 is 2.75 bits per heavy atom. The molecule has 1 aromatic carbocycles. The molecule has 0 saturated carbocycles. The summed E-state index contributed by atoms with van der Waals surface area (Å²) in [6, 6.07) is 8.64. The summed E-state index contributed by atoms with van der Waals surface area (Å²) in [5.74, 6) is -0.273. The summed E-state index contributed by atoms with van der Waals surface area (Å²) in [6.07, 6.45) is 2.15. The fourth-order valence-electron chi connectivity index (χ4n) is 1.71. The van der Waals surface area contributed by atoms with Crippen molar-refractivity contribution in [2.45, 2.75) is 20.0 Å². The van der Waals surface area contributed by atoms with Crippen LogP contribution in [-0.2, 0) is 13.0 Å². The Balaban J connectivity index is 2.03. The molecule has 4 nitrogen and oxygen atoms in total. The quantitative estimate of drug-likeness (QED) is 0.915. The lowest BCUT2D eigenvalue weighted by molar-refractivity contribution is 0.0696. The van der Waals surface area contributed by atoms with Gasteiger partial charge >= 0.3 is 5.97 Å². The number of hydrogen-bond donors (Lipinski definition) is 1. The third-order valence-electron chi connectivity index (χ3n) is 2.86. The number of aromatic nitrogens is 1. The molecule has 20 heavy (non-hydrogen) atoms. The number of rotatable bonds is 5. The molecule has 104 valence electrons. The van der Waals surface area contributed by atoms with Crippen molar-refractivity contribution in [1.29, 1.82) is 0 Å². The Morgan fingerprint density at radius 1 is 1.35 bits per heavy atom. The fraction of sp³-hybridized carbons (Fsp3) is 0.200. The minimum absolute atomic E-state index is 0.161. The lowest BCUT2D eigenvalue weighted by atomic mass is 10.1. The van der Waals surface area contributed by atoms with E-state index in [2.05, 4.69) is 4.98 Å². The van der Waals surface area contributed by atoms with Crippen molar-refractivity contribution in [1.82, 2.24) is 4.98 Å². The molecule has 1 aromatic heterocycles. The highest BCUT2D eigenvalue weighted by Gasteiger charge is 2.05. The lowest BCUT2D eigenvalue weighted by Gasteiger charge is -2.08. The van der Waals surface area contributed by atoms with Crippen molar-refractivity contribution in [3.63, 3.8) is 0 Å². The van der Waals surface area contributed by atoms with Crippen LogP contribution in [0.5, 0.6) is 5.75 Å². The average Bonchev–Trinajstić information content (AvgIpc) is 2.46. The minimum atomic E-state index is -0.991. The summed E-state index contributed by atoms with van der Waals surface area (Å²) in [7, 11) is 0. The van der Waals surface area contributed by atoms with Gasteiger partial charge in [-0.25, -0.2) is 4.79 Å². The second-order valence-electron chi connectivity index (χ2n) is 4.24. The van der Waals surface area contributed by atoms with Crippen molar-refractivity contribution in [3.05, 3.63) is 58.4 Å². The first-order valence-electron chi connectivity index (χ1n) is 6.19. The molecule has 0 fully saturated rings. The van der Waals surface area contributed by atoms with Crippen molar-refractivity contribution >= 4 is 17.6 Å².